The van der Waals surface area contributed by atoms with Crippen molar-refractivity contribution in [3.8, 4) is 0 Å². The second-order valence-electron chi connectivity index (χ2n) is 8.81. The van der Waals surface area contributed by atoms with Gasteiger partial charge in [-0.05, 0) is 55.0 Å². The fourth-order valence-electron chi connectivity index (χ4n) is 3.69. The van der Waals surface area contributed by atoms with Crippen LogP contribution in [0.4, 0.5) is 26.3 Å². The number of amides is 1. The first-order valence-electron chi connectivity index (χ1n) is 11.7. The van der Waals surface area contributed by atoms with E-state index in [1.807, 2.05) is 0 Å². The first-order chi connectivity index (χ1) is 17.3. The first-order valence-corrected chi connectivity index (χ1v) is 11.7. The van der Waals surface area contributed by atoms with Crippen LogP contribution in [0.5, 0.6) is 0 Å². The van der Waals surface area contributed by atoms with E-state index in [-0.39, 0.29) is 11.6 Å². The van der Waals surface area contributed by atoms with E-state index in [1.165, 1.54) is 32.4 Å². The molecule has 1 aliphatic heterocycles. The summed E-state index contributed by atoms with van der Waals surface area (Å²) in [4.78, 5) is 11.7. The molecule has 1 amide bonds. The molecule has 37 heavy (non-hydrogen) atoms. The number of nitrogens with zero attached hydrogens (tertiary/aromatic N) is 1. The van der Waals surface area contributed by atoms with Gasteiger partial charge in [0.1, 0.15) is 0 Å². The highest BCUT2D eigenvalue weighted by molar-refractivity contribution is 5.46. The largest absolute Gasteiger partial charge is 0.416 e. The van der Waals surface area contributed by atoms with Gasteiger partial charge in [-0.25, -0.2) is 0 Å². The quantitative estimate of drug-likeness (QED) is 0.398. The SMILES string of the molecule is COC(C)c1cc(C(F)(F)F)cc(C(F)(F)F)c1.NC1CC(c2ccccc2)C1.O=CN1CCOCC1. The number of hydrogen-bond acceptors (Lipinski definition) is 4. The molecule has 206 valence electrons. The molecule has 1 saturated carbocycles. The van der Waals surface area contributed by atoms with Gasteiger partial charge in [0.2, 0.25) is 6.41 Å². The van der Waals surface area contributed by atoms with Crippen LogP contribution in [0, 0.1) is 0 Å². The molecule has 1 unspecified atom stereocenters. The lowest BCUT2D eigenvalue weighted by molar-refractivity contribution is -0.143. The lowest BCUT2D eigenvalue weighted by Crippen LogP contribution is -2.34. The minimum Gasteiger partial charge on any atom is -0.378 e. The number of benzene rings is 2. The molecule has 4 rings (SSSR count). The van der Waals surface area contributed by atoms with Crippen molar-refractivity contribution in [1.82, 2.24) is 4.90 Å². The number of carbonyl (C=O) groups excluding carboxylic acids is 1. The Kier molecular flexibility index (Phi) is 11.4. The van der Waals surface area contributed by atoms with Crippen molar-refractivity contribution >= 4 is 6.41 Å². The van der Waals surface area contributed by atoms with Crippen molar-refractivity contribution in [3.63, 3.8) is 0 Å². The highest BCUT2D eigenvalue weighted by Crippen LogP contribution is 2.38. The van der Waals surface area contributed by atoms with Gasteiger partial charge in [0.15, 0.2) is 0 Å². The summed E-state index contributed by atoms with van der Waals surface area (Å²) in [6.07, 6.45) is -7.31. The third-order valence-electron chi connectivity index (χ3n) is 6.07. The van der Waals surface area contributed by atoms with Crippen LogP contribution in [-0.2, 0) is 26.6 Å². The van der Waals surface area contributed by atoms with Gasteiger partial charge < -0.3 is 20.1 Å². The fourth-order valence-corrected chi connectivity index (χ4v) is 3.69. The average molecular weight is 535 g/mol. The lowest BCUT2D eigenvalue weighted by atomic mass is 9.76. The number of halogens is 6. The third-order valence-corrected chi connectivity index (χ3v) is 6.07. The summed E-state index contributed by atoms with van der Waals surface area (Å²) in [7, 11) is 1.21. The molecular formula is C26H32F6N2O3. The molecule has 2 fully saturated rings. The molecule has 2 aromatic carbocycles. The molecule has 2 aliphatic rings. The molecule has 1 atom stereocenters. The summed E-state index contributed by atoms with van der Waals surface area (Å²) in [6, 6.07) is 12.5. The van der Waals surface area contributed by atoms with Gasteiger partial charge in [-0.1, -0.05) is 30.3 Å². The molecule has 0 radical (unpaired) electrons. The zero-order valence-corrected chi connectivity index (χ0v) is 20.7. The zero-order chi connectivity index (χ0) is 27.6. The molecule has 0 bridgehead atoms. The Labute approximate surface area is 212 Å². The molecule has 11 heteroatoms. The molecule has 2 N–H and O–H groups in total. The van der Waals surface area contributed by atoms with Gasteiger partial charge in [0.25, 0.3) is 0 Å². The van der Waals surface area contributed by atoms with E-state index in [1.54, 1.807) is 4.90 Å². The number of rotatable bonds is 4. The fraction of sp³-hybridized carbons (Fsp3) is 0.500. The maximum absolute atomic E-state index is 12.5. The van der Waals surface area contributed by atoms with E-state index < -0.39 is 29.6 Å². The summed E-state index contributed by atoms with van der Waals surface area (Å²) in [5, 5.41) is 0. The molecule has 5 nitrogen and oxygen atoms in total. The zero-order valence-electron chi connectivity index (χ0n) is 20.7. The van der Waals surface area contributed by atoms with Gasteiger partial charge in [0.05, 0.1) is 30.4 Å². The van der Waals surface area contributed by atoms with E-state index in [0.717, 1.165) is 25.4 Å². The van der Waals surface area contributed by atoms with Gasteiger partial charge >= 0.3 is 12.4 Å². The third kappa shape index (κ3) is 9.98. The first kappa shape index (κ1) is 30.6. The molecule has 1 heterocycles. The van der Waals surface area contributed by atoms with E-state index >= 15 is 0 Å². The summed E-state index contributed by atoms with van der Waals surface area (Å²) in [6.45, 7) is 4.26. The maximum atomic E-state index is 12.5. The van der Waals surface area contributed by atoms with Crippen LogP contribution in [0.2, 0.25) is 0 Å². The number of alkyl halides is 6. The van der Waals surface area contributed by atoms with Crippen LogP contribution in [0.3, 0.4) is 0 Å². The second kappa shape index (κ2) is 13.8. The minimum absolute atomic E-state index is 0.0892. The van der Waals surface area contributed by atoms with Crippen molar-refractivity contribution in [1.29, 1.82) is 0 Å². The molecule has 2 aromatic rings. The van der Waals surface area contributed by atoms with E-state index in [2.05, 4.69) is 30.3 Å². The maximum Gasteiger partial charge on any atom is 0.416 e. The molecule has 1 aliphatic carbocycles. The normalized spacial score (nSPS) is 20.4. The highest BCUT2D eigenvalue weighted by Gasteiger charge is 2.37. The van der Waals surface area contributed by atoms with E-state index in [9.17, 15) is 31.1 Å². The number of nitrogens with two attached hydrogens (primary N) is 1. The topological polar surface area (TPSA) is 64.8 Å². The Morgan fingerprint density at radius 3 is 1.86 bits per heavy atom. The number of morpholine rings is 1. The summed E-state index contributed by atoms with van der Waals surface area (Å²) in [5.74, 6) is 0.742. The average Bonchev–Trinajstić information content (AvgIpc) is 2.87. The van der Waals surface area contributed by atoms with Crippen molar-refractivity contribution in [2.24, 2.45) is 5.73 Å². The van der Waals surface area contributed by atoms with Crippen molar-refractivity contribution in [2.75, 3.05) is 33.4 Å². The highest BCUT2D eigenvalue weighted by atomic mass is 19.4. The van der Waals surface area contributed by atoms with Crippen LogP contribution in [0.1, 0.15) is 54.0 Å². The molecule has 1 saturated heterocycles. The van der Waals surface area contributed by atoms with E-state index in [4.69, 9.17) is 15.2 Å². The number of methoxy groups -OCH3 is 1. The Morgan fingerprint density at radius 1 is 0.973 bits per heavy atom. The van der Waals surface area contributed by atoms with E-state index in [0.29, 0.717) is 31.4 Å². The number of carbonyl (C=O) groups is 1. The monoisotopic (exact) mass is 534 g/mol. The van der Waals surface area contributed by atoms with Crippen LogP contribution in [0.25, 0.3) is 0 Å². The lowest BCUT2D eigenvalue weighted by Gasteiger charge is -2.32. The van der Waals surface area contributed by atoms with Crippen molar-refractivity contribution in [2.45, 2.75) is 50.2 Å². The van der Waals surface area contributed by atoms with Crippen LogP contribution in [0.15, 0.2) is 48.5 Å². The predicted molar refractivity (Wildman–Crippen MR) is 127 cm³/mol. The Hall–Kier alpha value is -2.63. The molecular weight excluding hydrogens is 502 g/mol. The summed E-state index contributed by atoms with van der Waals surface area (Å²) >= 11 is 0. The molecule has 0 aromatic heterocycles. The Bertz CT molecular complexity index is 925. The van der Waals surface area contributed by atoms with Crippen LogP contribution < -0.4 is 5.73 Å². The van der Waals surface area contributed by atoms with Gasteiger partial charge in [-0.2, -0.15) is 26.3 Å². The summed E-state index contributed by atoms with van der Waals surface area (Å²) < 4.78 is 84.7. The number of hydrogen-bond donors (Lipinski definition) is 1. The predicted octanol–water partition coefficient (Wildman–Crippen LogP) is 5.80. The molecule has 0 spiro atoms. The smallest absolute Gasteiger partial charge is 0.378 e. The van der Waals surface area contributed by atoms with Crippen LogP contribution >= 0.6 is 0 Å². The Balaban J connectivity index is 0.000000213. The van der Waals surface area contributed by atoms with Gasteiger partial charge in [-0.3, -0.25) is 4.79 Å². The minimum atomic E-state index is -4.83. The van der Waals surface area contributed by atoms with Crippen molar-refractivity contribution in [3.05, 3.63) is 70.8 Å². The van der Waals surface area contributed by atoms with Gasteiger partial charge in [-0.15, -0.1) is 0 Å². The van der Waals surface area contributed by atoms with Gasteiger partial charge in [0, 0.05) is 26.2 Å². The second-order valence-corrected chi connectivity index (χ2v) is 8.81. The number of ether oxygens (including phenoxy) is 2. The standard InChI is InChI=1S/C11H10F6O.C10H13N.C5H9NO2/c1-6(18-2)7-3-8(10(12,13)14)5-9(4-7)11(15,16)17;11-10-6-9(7-10)8-4-2-1-3-5-8;7-5-6-1-3-8-4-2-6/h3-6H,1-2H3;1-5,9-10H,6-7,11H2;5H,1-4H2. The summed E-state index contributed by atoms with van der Waals surface area (Å²) in [5.41, 5.74) is 4.32. The van der Waals surface area contributed by atoms with Crippen LogP contribution in [-0.4, -0.2) is 50.8 Å². The van der Waals surface area contributed by atoms with Crippen molar-refractivity contribution < 1.29 is 40.6 Å². The Morgan fingerprint density at radius 2 is 1.49 bits per heavy atom.